The Morgan fingerprint density at radius 2 is 1.55 bits per heavy atom. The Bertz CT molecular complexity index is 845. The van der Waals surface area contributed by atoms with Crippen LogP contribution in [0.25, 0.3) is 0 Å². The smallest absolute Gasteiger partial charge is 0.244 e. The van der Waals surface area contributed by atoms with Crippen molar-refractivity contribution < 1.29 is 9.59 Å². The number of nitrogens with one attached hydrogen (secondary N) is 1. The molecule has 2 aromatic rings. The summed E-state index contributed by atoms with van der Waals surface area (Å²) in [5.74, 6) is -0.371. The van der Waals surface area contributed by atoms with Gasteiger partial charge in [-0.05, 0) is 60.2 Å². The molecular formula is C24H31N3O2. The SMILES string of the molecule is CC(=O)N(CC(=O)Nc1ccc(C(C)(C)C)cc1)c1ccc(N2CCCC2)cc1. The Morgan fingerprint density at radius 3 is 2.07 bits per heavy atom. The van der Waals surface area contributed by atoms with Gasteiger partial charge in [0.05, 0.1) is 0 Å². The summed E-state index contributed by atoms with van der Waals surface area (Å²) in [4.78, 5) is 28.6. The molecule has 5 heteroatoms. The van der Waals surface area contributed by atoms with Crippen LogP contribution in [-0.4, -0.2) is 31.4 Å². The zero-order valence-corrected chi connectivity index (χ0v) is 17.9. The molecule has 1 fully saturated rings. The first kappa shape index (κ1) is 20.9. The summed E-state index contributed by atoms with van der Waals surface area (Å²) in [7, 11) is 0. The summed E-state index contributed by atoms with van der Waals surface area (Å²) in [5.41, 5.74) is 3.90. The molecular weight excluding hydrogens is 362 g/mol. The Hall–Kier alpha value is -2.82. The van der Waals surface area contributed by atoms with Gasteiger partial charge in [-0.25, -0.2) is 0 Å². The van der Waals surface area contributed by atoms with Crippen LogP contribution in [0.4, 0.5) is 17.1 Å². The van der Waals surface area contributed by atoms with Gasteiger partial charge in [0.15, 0.2) is 0 Å². The van der Waals surface area contributed by atoms with E-state index in [2.05, 4.69) is 31.0 Å². The van der Waals surface area contributed by atoms with Crippen LogP contribution in [0.2, 0.25) is 0 Å². The van der Waals surface area contributed by atoms with E-state index in [0.29, 0.717) is 0 Å². The van der Waals surface area contributed by atoms with Crippen molar-refractivity contribution in [2.45, 2.75) is 46.0 Å². The summed E-state index contributed by atoms with van der Waals surface area (Å²) >= 11 is 0. The second kappa shape index (κ2) is 8.68. The van der Waals surface area contributed by atoms with Gasteiger partial charge in [0, 0.05) is 37.1 Å². The van der Waals surface area contributed by atoms with Crippen LogP contribution < -0.4 is 15.1 Å². The van der Waals surface area contributed by atoms with Gasteiger partial charge < -0.3 is 15.1 Å². The van der Waals surface area contributed by atoms with E-state index >= 15 is 0 Å². The highest BCUT2D eigenvalue weighted by Gasteiger charge is 2.18. The fourth-order valence-corrected chi connectivity index (χ4v) is 3.60. The molecule has 3 rings (SSSR count). The molecule has 0 saturated carbocycles. The molecule has 5 nitrogen and oxygen atoms in total. The second-order valence-corrected chi connectivity index (χ2v) is 8.69. The third kappa shape index (κ3) is 5.37. The largest absolute Gasteiger partial charge is 0.372 e. The van der Waals surface area contributed by atoms with Crippen LogP contribution in [0.15, 0.2) is 48.5 Å². The van der Waals surface area contributed by atoms with Crippen molar-refractivity contribution in [2.24, 2.45) is 0 Å². The van der Waals surface area contributed by atoms with Gasteiger partial charge in [-0.2, -0.15) is 0 Å². The normalized spacial score (nSPS) is 14.0. The highest BCUT2D eigenvalue weighted by atomic mass is 16.2. The molecule has 0 atom stereocenters. The first-order chi connectivity index (χ1) is 13.7. The number of carbonyl (C=O) groups excluding carboxylic acids is 2. The highest BCUT2D eigenvalue weighted by Crippen LogP contribution is 2.25. The summed E-state index contributed by atoms with van der Waals surface area (Å²) in [6.45, 7) is 10.1. The fraction of sp³-hybridized carbons (Fsp3) is 0.417. The summed E-state index contributed by atoms with van der Waals surface area (Å²) in [6, 6.07) is 15.7. The van der Waals surface area contributed by atoms with Gasteiger partial charge in [0.1, 0.15) is 6.54 Å². The standard InChI is InChI=1S/C24H31N3O2/c1-18(28)27(22-13-11-21(12-14-22)26-15-5-6-16-26)17-23(29)25-20-9-7-19(8-10-20)24(2,3)4/h7-14H,5-6,15-17H2,1-4H3,(H,25,29). The van der Waals surface area contributed by atoms with Gasteiger partial charge in [-0.1, -0.05) is 32.9 Å². The number of hydrogen-bond donors (Lipinski definition) is 1. The second-order valence-electron chi connectivity index (χ2n) is 8.69. The lowest BCUT2D eigenvalue weighted by Gasteiger charge is -2.23. The van der Waals surface area contributed by atoms with E-state index in [1.807, 2.05) is 48.5 Å². The van der Waals surface area contributed by atoms with Crippen molar-refractivity contribution in [3.63, 3.8) is 0 Å². The topological polar surface area (TPSA) is 52.7 Å². The Morgan fingerprint density at radius 1 is 0.966 bits per heavy atom. The molecule has 0 bridgehead atoms. The van der Waals surface area contributed by atoms with Crippen molar-refractivity contribution in [1.29, 1.82) is 0 Å². The van der Waals surface area contributed by atoms with E-state index in [4.69, 9.17) is 0 Å². The lowest BCUT2D eigenvalue weighted by atomic mass is 9.87. The summed E-state index contributed by atoms with van der Waals surface area (Å²) in [5, 5.41) is 2.89. The third-order valence-electron chi connectivity index (χ3n) is 5.35. The van der Waals surface area contributed by atoms with Crippen LogP contribution in [-0.2, 0) is 15.0 Å². The zero-order chi connectivity index (χ0) is 21.0. The van der Waals surface area contributed by atoms with Crippen molar-refractivity contribution in [3.05, 3.63) is 54.1 Å². The predicted molar refractivity (Wildman–Crippen MR) is 120 cm³/mol. The molecule has 29 heavy (non-hydrogen) atoms. The van der Waals surface area contributed by atoms with Crippen LogP contribution in [0.5, 0.6) is 0 Å². The number of hydrogen-bond acceptors (Lipinski definition) is 3. The third-order valence-corrected chi connectivity index (χ3v) is 5.35. The minimum atomic E-state index is -0.215. The molecule has 154 valence electrons. The molecule has 0 spiro atoms. The van der Waals surface area contributed by atoms with Crippen LogP contribution >= 0.6 is 0 Å². The molecule has 1 heterocycles. The van der Waals surface area contributed by atoms with Crippen LogP contribution in [0.3, 0.4) is 0 Å². The quantitative estimate of drug-likeness (QED) is 0.809. The molecule has 1 N–H and O–H groups in total. The Kier molecular flexibility index (Phi) is 6.26. The maximum atomic E-state index is 12.5. The van der Waals surface area contributed by atoms with E-state index < -0.39 is 0 Å². The monoisotopic (exact) mass is 393 g/mol. The molecule has 0 aromatic heterocycles. The van der Waals surface area contributed by atoms with Crippen molar-refractivity contribution in [2.75, 3.05) is 34.8 Å². The number of carbonyl (C=O) groups is 2. The van der Waals surface area contributed by atoms with E-state index in [9.17, 15) is 9.59 Å². The number of amides is 2. The maximum Gasteiger partial charge on any atom is 0.244 e. The molecule has 0 radical (unpaired) electrons. The van der Waals surface area contributed by atoms with Crippen molar-refractivity contribution in [1.82, 2.24) is 0 Å². The number of nitrogens with zero attached hydrogens (tertiary/aromatic N) is 2. The van der Waals surface area contributed by atoms with Gasteiger partial charge in [-0.3, -0.25) is 9.59 Å². The van der Waals surface area contributed by atoms with Crippen molar-refractivity contribution in [3.8, 4) is 0 Å². The van der Waals surface area contributed by atoms with Gasteiger partial charge >= 0.3 is 0 Å². The molecule has 0 aliphatic carbocycles. The molecule has 1 aliphatic heterocycles. The first-order valence-electron chi connectivity index (χ1n) is 10.3. The molecule has 2 amide bonds. The summed E-state index contributed by atoms with van der Waals surface area (Å²) < 4.78 is 0. The zero-order valence-electron chi connectivity index (χ0n) is 17.9. The highest BCUT2D eigenvalue weighted by molar-refractivity contribution is 6.01. The number of rotatable bonds is 5. The Labute approximate surface area is 173 Å². The number of benzene rings is 2. The summed E-state index contributed by atoms with van der Waals surface area (Å²) in [6.07, 6.45) is 2.44. The van der Waals surface area contributed by atoms with E-state index in [0.717, 1.165) is 30.2 Å². The minimum Gasteiger partial charge on any atom is -0.372 e. The molecule has 1 aliphatic rings. The molecule has 0 unspecified atom stereocenters. The minimum absolute atomic E-state index is 0.0145. The molecule has 1 saturated heterocycles. The van der Waals surface area contributed by atoms with Gasteiger partial charge in [0.2, 0.25) is 11.8 Å². The van der Waals surface area contributed by atoms with Gasteiger partial charge in [0.25, 0.3) is 0 Å². The number of anilines is 3. The average molecular weight is 394 g/mol. The van der Waals surface area contributed by atoms with Crippen LogP contribution in [0, 0.1) is 0 Å². The van der Waals surface area contributed by atoms with E-state index in [1.165, 1.54) is 30.2 Å². The molecule has 2 aromatic carbocycles. The Balaban J connectivity index is 1.65. The van der Waals surface area contributed by atoms with Gasteiger partial charge in [-0.15, -0.1) is 0 Å². The van der Waals surface area contributed by atoms with E-state index in [-0.39, 0.29) is 23.8 Å². The predicted octanol–water partition coefficient (Wildman–Crippen LogP) is 4.58. The lowest BCUT2D eigenvalue weighted by molar-refractivity contribution is -0.120. The van der Waals surface area contributed by atoms with Crippen LogP contribution in [0.1, 0.15) is 46.1 Å². The first-order valence-corrected chi connectivity index (χ1v) is 10.3. The maximum absolute atomic E-state index is 12.5. The van der Waals surface area contributed by atoms with Crippen molar-refractivity contribution >= 4 is 28.9 Å². The fourth-order valence-electron chi connectivity index (χ4n) is 3.60. The lowest BCUT2D eigenvalue weighted by Crippen LogP contribution is -2.36. The van der Waals surface area contributed by atoms with E-state index in [1.54, 1.807) is 0 Å². The average Bonchev–Trinajstić information content (AvgIpc) is 3.20.